The first-order valence-electron chi connectivity index (χ1n) is 28.1. The van der Waals surface area contributed by atoms with E-state index < -0.39 is 26.5 Å². The standard InChI is InChI=1S/C56H108NO8P/c1-6-8-10-12-14-16-18-20-22-24-26-27-28-29-31-32-34-36-38-40-42-44-46-48-55(58)62-52-54(53-64-66(60,61)63-51-50-57(3,4)5)65-56(59)49-47-45-43-41-39-37-35-33-30-25-23-21-19-17-15-13-11-9-7-2/h15,17,21,23,54H,6-14,16,18-20,22,24-53H2,1-5H3/p+1/b17-15+,23-21+/t54-/m1/s1. The highest BCUT2D eigenvalue weighted by Crippen LogP contribution is 2.43. The van der Waals surface area contributed by atoms with Gasteiger partial charge in [-0.3, -0.25) is 18.6 Å². The van der Waals surface area contributed by atoms with Crippen molar-refractivity contribution in [3.8, 4) is 0 Å². The average Bonchev–Trinajstić information content (AvgIpc) is 3.27. The van der Waals surface area contributed by atoms with E-state index in [1.54, 1.807) is 0 Å². The van der Waals surface area contributed by atoms with Crippen molar-refractivity contribution in [3.63, 3.8) is 0 Å². The second-order valence-electron chi connectivity index (χ2n) is 20.3. The molecular weight excluding hydrogens is 846 g/mol. The van der Waals surface area contributed by atoms with Gasteiger partial charge in [0, 0.05) is 12.8 Å². The van der Waals surface area contributed by atoms with Crippen molar-refractivity contribution in [1.29, 1.82) is 0 Å². The van der Waals surface area contributed by atoms with Gasteiger partial charge in [-0.1, -0.05) is 237 Å². The number of ether oxygens (including phenoxy) is 2. The third-order valence-electron chi connectivity index (χ3n) is 12.5. The molecule has 0 aromatic carbocycles. The van der Waals surface area contributed by atoms with E-state index in [0.717, 1.165) is 44.9 Å². The summed E-state index contributed by atoms with van der Waals surface area (Å²) >= 11 is 0. The number of esters is 2. The number of likely N-dealkylation sites (N-methyl/N-ethyl adjacent to an activating group) is 1. The summed E-state index contributed by atoms with van der Waals surface area (Å²) in [6.07, 6.45) is 56.6. The molecule has 0 saturated heterocycles. The van der Waals surface area contributed by atoms with E-state index >= 15 is 0 Å². The Bertz CT molecular complexity index is 1170. The third-order valence-corrected chi connectivity index (χ3v) is 13.5. The van der Waals surface area contributed by atoms with Crippen LogP contribution in [0.3, 0.4) is 0 Å². The van der Waals surface area contributed by atoms with Crippen LogP contribution in [0.15, 0.2) is 24.3 Å². The van der Waals surface area contributed by atoms with E-state index in [-0.39, 0.29) is 25.6 Å². The predicted molar refractivity (Wildman–Crippen MR) is 280 cm³/mol. The van der Waals surface area contributed by atoms with Gasteiger partial charge in [-0.05, 0) is 44.9 Å². The fourth-order valence-electron chi connectivity index (χ4n) is 8.11. The maximum atomic E-state index is 12.8. The highest BCUT2D eigenvalue weighted by Gasteiger charge is 2.27. The summed E-state index contributed by atoms with van der Waals surface area (Å²) in [7, 11) is 1.49. The number of carbonyl (C=O) groups excluding carboxylic acids is 2. The number of unbranched alkanes of at least 4 members (excludes halogenated alkanes) is 34. The van der Waals surface area contributed by atoms with Gasteiger partial charge in [0.05, 0.1) is 27.7 Å². The van der Waals surface area contributed by atoms with Crippen molar-refractivity contribution in [1.82, 2.24) is 0 Å². The minimum absolute atomic E-state index is 0.0332. The van der Waals surface area contributed by atoms with Crippen LogP contribution in [0.1, 0.15) is 271 Å². The SMILES string of the molecule is CCCCC/C=C/C/C=C/CCCCCCCCCCCC(=O)O[C@H](COC(=O)CCCCCCCCCCCCCCCCCCCCCCCCC)COP(=O)(O)OCC[N+](C)(C)C. The Morgan fingerprint density at radius 2 is 0.818 bits per heavy atom. The lowest BCUT2D eigenvalue weighted by Crippen LogP contribution is -2.37. The zero-order valence-electron chi connectivity index (χ0n) is 44.2. The molecule has 0 aliphatic rings. The van der Waals surface area contributed by atoms with Crippen LogP contribution in [-0.4, -0.2) is 74.9 Å². The van der Waals surface area contributed by atoms with Gasteiger partial charge < -0.3 is 18.9 Å². The normalized spacial score (nSPS) is 13.5. The second kappa shape index (κ2) is 48.5. The number of hydrogen-bond acceptors (Lipinski definition) is 7. The molecule has 0 aromatic rings. The average molecular weight is 955 g/mol. The maximum absolute atomic E-state index is 12.8. The molecule has 0 radical (unpaired) electrons. The van der Waals surface area contributed by atoms with Gasteiger partial charge in [0.25, 0.3) is 0 Å². The van der Waals surface area contributed by atoms with Gasteiger partial charge in [-0.25, -0.2) is 4.57 Å². The molecule has 0 aliphatic carbocycles. The smallest absolute Gasteiger partial charge is 0.462 e. The number of quaternary nitrogens is 1. The first-order valence-corrected chi connectivity index (χ1v) is 29.6. The lowest BCUT2D eigenvalue weighted by Gasteiger charge is -2.24. The Balaban J connectivity index is 4.15. The largest absolute Gasteiger partial charge is 0.472 e. The molecule has 0 spiro atoms. The van der Waals surface area contributed by atoms with Crippen LogP contribution in [0, 0.1) is 0 Å². The summed E-state index contributed by atoms with van der Waals surface area (Å²) < 4.78 is 34.5. The minimum atomic E-state index is -4.38. The van der Waals surface area contributed by atoms with E-state index in [1.807, 2.05) is 21.1 Å². The van der Waals surface area contributed by atoms with Crippen LogP contribution in [-0.2, 0) is 32.7 Å². The minimum Gasteiger partial charge on any atom is -0.462 e. The van der Waals surface area contributed by atoms with Gasteiger partial charge >= 0.3 is 19.8 Å². The molecule has 0 heterocycles. The molecule has 0 aromatic heterocycles. The van der Waals surface area contributed by atoms with Crippen LogP contribution in [0.5, 0.6) is 0 Å². The van der Waals surface area contributed by atoms with E-state index in [0.29, 0.717) is 23.9 Å². The molecule has 0 fully saturated rings. The Morgan fingerprint density at radius 1 is 0.470 bits per heavy atom. The van der Waals surface area contributed by atoms with Crippen molar-refractivity contribution in [2.75, 3.05) is 47.5 Å². The van der Waals surface area contributed by atoms with E-state index in [1.165, 1.54) is 193 Å². The molecular formula is C56H109NO8P+. The monoisotopic (exact) mass is 955 g/mol. The third kappa shape index (κ3) is 51.9. The molecule has 390 valence electrons. The van der Waals surface area contributed by atoms with Crippen molar-refractivity contribution < 1.29 is 42.1 Å². The summed E-state index contributed by atoms with van der Waals surface area (Å²) in [5.41, 5.74) is 0. The molecule has 10 heteroatoms. The number of phosphoric acid groups is 1. The van der Waals surface area contributed by atoms with E-state index in [4.69, 9.17) is 18.5 Å². The van der Waals surface area contributed by atoms with Crippen LogP contribution < -0.4 is 0 Å². The van der Waals surface area contributed by atoms with Gasteiger partial charge in [0.2, 0.25) is 0 Å². The summed E-state index contributed by atoms with van der Waals surface area (Å²) in [6, 6.07) is 0. The summed E-state index contributed by atoms with van der Waals surface area (Å²) in [6.45, 7) is 4.45. The molecule has 66 heavy (non-hydrogen) atoms. The molecule has 0 saturated carbocycles. The first kappa shape index (κ1) is 64.5. The van der Waals surface area contributed by atoms with Crippen LogP contribution in [0.2, 0.25) is 0 Å². The van der Waals surface area contributed by atoms with Gasteiger partial charge in [0.15, 0.2) is 6.10 Å². The van der Waals surface area contributed by atoms with Gasteiger partial charge in [-0.15, -0.1) is 0 Å². The molecule has 2 atom stereocenters. The molecule has 9 nitrogen and oxygen atoms in total. The lowest BCUT2D eigenvalue weighted by atomic mass is 10.0. The fraction of sp³-hybridized carbons (Fsp3) is 0.893. The van der Waals surface area contributed by atoms with Gasteiger partial charge in [0.1, 0.15) is 19.8 Å². The molecule has 1 N–H and O–H groups in total. The van der Waals surface area contributed by atoms with Crippen LogP contribution in [0.4, 0.5) is 0 Å². The predicted octanol–water partition coefficient (Wildman–Crippen LogP) is 17.0. The second-order valence-corrected chi connectivity index (χ2v) is 21.8. The Kier molecular flexibility index (Phi) is 47.4. The molecule has 0 rings (SSSR count). The number of allylic oxidation sites excluding steroid dienone is 4. The summed E-state index contributed by atoms with van der Waals surface area (Å²) in [5.74, 6) is -0.788. The van der Waals surface area contributed by atoms with Crippen LogP contribution in [0.25, 0.3) is 0 Å². The quantitative estimate of drug-likeness (QED) is 0.0211. The highest BCUT2D eigenvalue weighted by atomic mass is 31.2. The number of carbonyl (C=O) groups is 2. The van der Waals surface area contributed by atoms with Crippen molar-refractivity contribution in [3.05, 3.63) is 24.3 Å². The van der Waals surface area contributed by atoms with Gasteiger partial charge in [-0.2, -0.15) is 0 Å². The molecule has 0 amide bonds. The zero-order valence-corrected chi connectivity index (χ0v) is 45.1. The first-order chi connectivity index (χ1) is 32.0. The number of rotatable bonds is 52. The van der Waals surface area contributed by atoms with E-state index in [2.05, 4.69) is 38.2 Å². The highest BCUT2D eigenvalue weighted by molar-refractivity contribution is 7.47. The van der Waals surface area contributed by atoms with Crippen molar-refractivity contribution in [2.24, 2.45) is 0 Å². The summed E-state index contributed by atoms with van der Waals surface area (Å²) in [5, 5.41) is 0. The Labute approximate surface area is 409 Å². The maximum Gasteiger partial charge on any atom is 0.472 e. The topological polar surface area (TPSA) is 108 Å². The number of nitrogens with zero attached hydrogens (tertiary/aromatic N) is 1. The van der Waals surface area contributed by atoms with Crippen LogP contribution >= 0.6 is 7.82 Å². The fourth-order valence-corrected chi connectivity index (χ4v) is 8.85. The molecule has 0 bridgehead atoms. The Morgan fingerprint density at radius 3 is 1.23 bits per heavy atom. The van der Waals surface area contributed by atoms with E-state index in [9.17, 15) is 19.0 Å². The molecule has 0 aliphatic heterocycles. The Hall–Kier alpha value is -1.51. The lowest BCUT2D eigenvalue weighted by molar-refractivity contribution is -0.870. The van der Waals surface area contributed by atoms with Crippen molar-refractivity contribution in [2.45, 2.75) is 277 Å². The van der Waals surface area contributed by atoms with Crippen molar-refractivity contribution >= 4 is 19.8 Å². The zero-order chi connectivity index (χ0) is 48.5. The summed E-state index contributed by atoms with van der Waals surface area (Å²) in [4.78, 5) is 35.6. The number of hydrogen-bond donors (Lipinski definition) is 1. The molecule has 1 unspecified atom stereocenters. The number of phosphoric ester groups is 1.